The maximum atomic E-state index is 13.1. The molecule has 1 N–H and O–H groups in total. The lowest BCUT2D eigenvalue weighted by Gasteiger charge is -2.07. The lowest BCUT2D eigenvalue weighted by atomic mass is 10.1. The predicted octanol–water partition coefficient (Wildman–Crippen LogP) is 3.52. The molecular weight excluding hydrogens is 305 g/mol. The van der Waals surface area contributed by atoms with E-state index in [0.717, 1.165) is 16.8 Å². The smallest absolute Gasteiger partial charge is 0.251 e. The van der Waals surface area contributed by atoms with Crippen molar-refractivity contribution in [3.05, 3.63) is 83.6 Å². The van der Waals surface area contributed by atoms with E-state index in [1.807, 2.05) is 25.1 Å². The van der Waals surface area contributed by atoms with E-state index in [9.17, 15) is 9.18 Å². The van der Waals surface area contributed by atoms with Gasteiger partial charge < -0.3 is 5.32 Å². The van der Waals surface area contributed by atoms with Crippen LogP contribution in [0.1, 0.15) is 21.7 Å². The number of hydrogen-bond donors (Lipinski definition) is 1. The Labute approximate surface area is 139 Å². The van der Waals surface area contributed by atoms with Crippen molar-refractivity contribution in [1.29, 1.82) is 0 Å². The van der Waals surface area contributed by atoms with Crippen LogP contribution in [-0.4, -0.2) is 15.9 Å². The van der Waals surface area contributed by atoms with Gasteiger partial charge in [0.2, 0.25) is 0 Å². The number of carbonyl (C=O) groups excluding carboxylic acids is 1. The third-order valence-electron chi connectivity index (χ3n) is 3.56. The maximum absolute atomic E-state index is 13.1. The number of carbonyl (C=O) groups is 1. The molecule has 4 nitrogen and oxygen atoms in total. The Morgan fingerprint density at radius 1 is 1.12 bits per heavy atom. The van der Waals surface area contributed by atoms with Crippen molar-refractivity contribution in [2.24, 2.45) is 0 Å². The van der Waals surface area contributed by atoms with Crippen LogP contribution in [0, 0.1) is 12.7 Å². The van der Waals surface area contributed by atoms with Crippen molar-refractivity contribution in [3.63, 3.8) is 0 Å². The van der Waals surface area contributed by atoms with Gasteiger partial charge in [-0.2, -0.15) is 0 Å². The summed E-state index contributed by atoms with van der Waals surface area (Å²) in [7, 11) is 0. The molecule has 3 rings (SSSR count). The van der Waals surface area contributed by atoms with Crippen LogP contribution in [0.15, 0.2) is 60.8 Å². The largest absolute Gasteiger partial charge is 0.348 e. The molecule has 0 spiro atoms. The van der Waals surface area contributed by atoms with Gasteiger partial charge in [-0.25, -0.2) is 14.4 Å². The summed E-state index contributed by atoms with van der Waals surface area (Å²) in [4.78, 5) is 20.6. The molecule has 0 saturated carbocycles. The van der Waals surface area contributed by atoms with Crippen molar-refractivity contribution in [1.82, 2.24) is 15.3 Å². The third kappa shape index (κ3) is 3.81. The van der Waals surface area contributed by atoms with Crippen LogP contribution >= 0.6 is 0 Å². The minimum Gasteiger partial charge on any atom is -0.348 e. The zero-order chi connectivity index (χ0) is 16.9. The molecule has 3 aromatic rings. The van der Waals surface area contributed by atoms with Gasteiger partial charge in [0.05, 0.1) is 5.69 Å². The molecule has 0 aliphatic heterocycles. The Hall–Kier alpha value is -3.08. The minimum absolute atomic E-state index is 0.204. The highest BCUT2D eigenvalue weighted by Crippen LogP contribution is 2.17. The van der Waals surface area contributed by atoms with Crippen LogP contribution < -0.4 is 5.32 Å². The summed E-state index contributed by atoms with van der Waals surface area (Å²) in [5, 5.41) is 2.78. The number of aromatic nitrogens is 2. The number of aryl methyl sites for hydroxylation is 1. The Morgan fingerprint density at radius 3 is 2.62 bits per heavy atom. The summed E-state index contributed by atoms with van der Waals surface area (Å²) in [6.07, 6.45) is 1.71. The van der Waals surface area contributed by atoms with Crippen molar-refractivity contribution < 1.29 is 9.18 Å². The van der Waals surface area contributed by atoms with Gasteiger partial charge in [-0.15, -0.1) is 0 Å². The second-order valence-corrected chi connectivity index (χ2v) is 5.38. The zero-order valence-corrected chi connectivity index (χ0v) is 13.2. The number of rotatable bonds is 4. The predicted molar refractivity (Wildman–Crippen MR) is 89.8 cm³/mol. The average Bonchev–Trinajstić information content (AvgIpc) is 2.60. The molecule has 1 heterocycles. The molecule has 0 fully saturated rings. The van der Waals surface area contributed by atoms with Crippen LogP contribution in [0.5, 0.6) is 0 Å². The molecule has 5 heteroatoms. The molecule has 0 aliphatic rings. The highest BCUT2D eigenvalue weighted by molar-refractivity contribution is 5.94. The van der Waals surface area contributed by atoms with Gasteiger partial charge in [0.1, 0.15) is 11.6 Å². The molecule has 0 atom stereocenters. The molecule has 0 saturated heterocycles. The molecule has 1 aromatic heterocycles. The van der Waals surface area contributed by atoms with Gasteiger partial charge in [-0.05, 0) is 42.8 Å². The quantitative estimate of drug-likeness (QED) is 0.800. The van der Waals surface area contributed by atoms with Gasteiger partial charge in [0, 0.05) is 23.9 Å². The molecule has 2 aromatic carbocycles. The Bertz CT molecular complexity index is 862. The van der Waals surface area contributed by atoms with Crippen LogP contribution in [0.25, 0.3) is 11.3 Å². The first-order chi connectivity index (χ1) is 11.6. The fourth-order valence-electron chi connectivity index (χ4n) is 2.34. The summed E-state index contributed by atoms with van der Waals surface area (Å²) in [6.45, 7) is 2.11. The van der Waals surface area contributed by atoms with Gasteiger partial charge in [0.15, 0.2) is 0 Å². The first kappa shape index (κ1) is 15.8. The highest BCUT2D eigenvalue weighted by Gasteiger charge is 2.07. The monoisotopic (exact) mass is 321 g/mol. The molecule has 120 valence electrons. The van der Waals surface area contributed by atoms with E-state index < -0.39 is 0 Å². The van der Waals surface area contributed by atoms with E-state index >= 15 is 0 Å². The van der Waals surface area contributed by atoms with Gasteiger partial charge in [-0.3, -0.25) is 4.79 Å². The summed E-state index contributed by atoms with van der Waals surface area (Å²) >= 11 is 0. The van der Waals surface area contributed by atoms with Crippen LogP contribution in [0.3, 0.4) is 0 Å². The zero-order valence-electron chi connectivity index (χ0n) is 13.2. The van der Waals surface area contributed by atoms with Crippen LogP contribution in [0.2, 0.25) is 0 Å². The second-order valence-electron chi connectivity index (χ2n) is 5.38. The number of hydrogen-bond acceptors (Lipinski definition) is 3. The lowest BCUT2D eigenvalue weighted by molar-refractivity contribution is 0.0951. The van der Waals surface area contributed by atoms with Crippen LogP contribution in [0.4, 0.5) is 4.39 Å². The molecule has 1 amide bonds. The highest BCUT2D eigenvalue weighted by atomic mass is 19.1. The Morgan fingerprint density at radius 2 is 1.92 bits per heavy atom. The Kier molecular flexibility index (Phi) is 4.61. The fraction of sp³-hybridized carbons (Fsp3) is 0.105. The standard InChI is InChI=1S/C19H16FN3O/c1-13-21-10-9-18(23-13)15-5-7-16(8-6-15)19(24)22-12-14-3-2-4-17(20)11-14/h2-11H,12H2,1H3,(H,22,24). The van der Waals surface area contributed by atoms with Crippen molar-refractivity contribution in [3.8, 4) is 11.3 Å². The molecule has 0 aliphatic carbocycles. The normalized spacial score (nSPS) is 10.4. The van der Waals surface area contributed by atoms with Gasteiger partial charge in [-0.1, -0.05) is 24.3 Å². The second kappa shape index (κ2) is 7.00. The van der Waals surface area contributed by atoms with Crippen molar-refractivity contribution in [2.75, 3.05) is 0 Å². The molecule has 0 radical (unpaired) electrons. The first-order valence-electron chi connectivity index (χ1n) is 7.54. The number of halogens is 1. The number of nitrogens with one attached hydrogen (secondary N) is 1. The first-order valence-corrected chi connectivity index (χ1v) is 7.54. The fourth-order valence-corrected chi connectivity index (χ4v) is 2.34. The summed E-state index contributed by atoms with van der Waals surface area (Å²) in [5.41, 5.74) is 2.99. The van der Waals surface area contributed by atoms with E-state index in [4.69, 9.17) is 0 Å². The van der Waals surface area contributed by atoms with E-state index in [1.54, 1.807) is 30.5 Å². The van der Waals surface area contributed by atoms with E-state index in [0.29, 0.717) is 11.4 Å². The number of benzene rings is 2. The van der Waals surface area contributed by atoms with E-state index in [-0.39, 0.29) is 18.3 Å². The van der Waals surface area contributed by atoms with E-state index in [1.165, 1.54) is 12.1 Å². The molecular formula is C19H16FN3O. The summed E-state index contributed by atoms with van der Waals surface area (Å²) in [6, 6.07) is 15.2. The van der Waals surface area contributed by atoms with Crippen molar-refractivity contribution >= 4 is 5.91 Å². The number of amides is 1. The third-order valence-corrected chi connectivity index (χ3v) is 3.56. The van der Waals surface area contributed by atoms with Crippen molar-refractivity contribution in [2.45, 2.75) is 13.5 Å². The topological polar surface area (TPSA) is 54.9 Å². The van der Waals surface area contributed by atoms with Gasteiger partial charge >= 0.3 is 0 Å². The molecule has 0 unspecified atom stereocenters. The average molecular weight is 321 g/mol. The van der Waals surface area contributed by atoms with Gasteiger partial charge in [0.25, 0.3) is 5.91 Å². The summed E-state index contributed by atoms with van der Waals surface area (Å²) in [5.74, 6) is 0.181. The maximum Gasteiger partial charge on any atom is 0.251 e. The Balaban J connectivity index is 1.68. The summed E-state index contributed by atoms with van der Waals surface area (Å²) < 4.78 is 13.1. The van der Waals surface area contributed by atoms with Crippen LogP contribution in [-0.2, 0) is 6.54 Å². The SMILES string of the molecule is Cc1nccc(-c2ccc(C(=O)NCc3cccc(F)c3)cc2)n1. The minimum atomic E-state index is -0.314. The lowest BCUT2D eigenvalue weighted by Crippen LogP contribution is -2.22. The van der Waals surface area contributed by atoms with E-state index in [2.05, 4.69) is 15.3 Å². The molecule has 24 heavy (non-hydrogen) atoms. The molecule has 0 bridgehead atoms. The number of nitrogens with zero attached hydrogens (tertiary/aromatic N) is 2.